The van der Waals surface area contributed by atoms with Crippen LogP contribution in [0.1, 0.15) is 65.2 Å². The minimum absolute atomic E-state index is 0.325. The van der Waals surface area contributed by atoms with Crippen molar-refractivity contribution < 1.29 is 14.4 Å². The number of nitrogens with zero attached hydrogens (tertiary/aromatic N) is 1. The molecule has 1 saturated heterocycles. The lowest BCUT2D eigenvalue weighted by Gasteiger charge is -2.30. The van der Waals surface area contributed by atoms with Gasteiger partial charge in [0.1, 0.15) is 5.92 Å². The number of hydrogen-bond acceptors (Lipinski definition) is 3. The van der Waals surface area contributed by atoms with Crippen LogP contribution in [0.15, 0.2) is 0 Å². The molecule has 0 aromatic carbocycles. The van der Waals surface area contributed by atoms with Crippen molar-refractivity contribution in [2.75, 3.05) is 6.54 Å². The first-order valence-electron chi connectivity index (χ1n) is 7.78. The van der Waals surface area contributed by atoms with Gasteiger partial charge in [-0.15, -0.1) is 0 Å². The molecule has 1 aliphatic rings. The first kappa shape index (κ1) is 16.7. The maximum absolute atomic E-state index is 12.1. The Balaban J connectivity index is 2.41. The zero-order valence-electron chi connectivity index (χ0n) is 12.6. The minimum atomic E-state index is -0.683. The van der Waals surface area contributed by atoms with Crippen LogP contribution in [0.25, 0.3) is 0 Å². The quantitative estimate of drug-likeness (QED) is 0.522. The van der Waals surface area contributed by atoms with Crippen molar-refractivity contribution in [1.29, 1.82) is 0 Å². The molecular formula is C15H26N2O3. The lowest BCUT2D eigenvalue weighted by molar-refractivity contribution is -0.142. The number of carbonyl (C=O) groups excluding carboxylic acids is 3. The van der Waals surface area contributed by atoms with Gasteiger partial charge in [-0.2, -0.15) is 0 Å². The maximum Gasteiger partial charge on any atom is 0.330 e. The van der Waals surface area contributed by atoms with E-state index in [1.165, 1.54) is 24.2 Å². The number of amides is 4. The van der Waals surface area contributed by atoms with E-state index >= 15 is 0 Å². The highest BCUT2D eigenvalue weighted by Crippen LogP contribution is 2.17. The summed E-state index contributed by atoms with van der Waals surface area (Å²) in [5.41, 5.74) is 0. The molecule has 0 spiro atoms. The summed E-state index contributed by atoms with van der Waals surface area (Å²) in [5, 5.41) is 2.28. The molecule has 114 valence electrons. The number of hydrogen-bond donors (Lipinski definition) is 1. The van der Waals surface area contributed by atoms with Crippen LogP contribution in [0.4, 0.5) is 4.79 Å². The maximum atomic E-state index is 12.1. The number of barbiturate groups is 1. The Morgan fingerprint density at radius 2 is 1.60 bits per heavy atom. The summed E-state index contributed by atoms with van der Waals surface area (Å²) in [5.74, 6) is -1.45. The predicted molar refractivity (Wildman–Crippen MR) is 77.0 cm³/mol. The largest absolute Gasteiger partial charge is 0.330 e. The molecule has 1 fully saturated rings. The Hall–Kier alpha value is -1.39. The van der Waals surface area contributed by atoms with Crippen LogP contribution in [0.3, 0.4) is 0 Å². The number of urea groups is 1. The molecule has 0 radical (unpaired) electrons. The molecule has 1 N–H and O–H groups in total. The van der Waals surface area contributed by atoms with E-state index < -0.39 is 17.9 Å². The van der Waals surface area contributed by atoms with Gasteiger partial charge < -0.3 is 0 Å². The summed E-state index contributed by atoms with van der Waals surface area (Å²) in [6, 6.07) is -0.555. The van der Waals surface area contributed by atoms with Gasteiger partial charge in [-0.3, -0.25) is 19.8 Å². The second-order valence-corrected chi connectivity index (χ2v) is 5.39. The average molecular weight is 282 g/mol. The van der Waals surface area contributed by atoms with Crippen LogP contribution < -0.4 is 5.32 Å². The van der Waals surface area contributed by atoms with Crippen LogP contribution in [0.2, 0.25) is 0 Å². The molecule has 0 saturated carbocycles. The Morgan fingerprint density at radius 1 is 0.950 bits per heavy atom. The van der Waals surface area contributed by atoms with E-state index in [0.717, 1.165) is 25.7 Å². The molecule has 0 aromatic heterocycles. The first-order chi connectivity index (χ1) is 9.61. The number of rotatable bonds is 9. The lowest BCUT2D eigenvalue weighted by atomic mass is 9.99. The van der Waals surface area contributed by atoms with Gasteiger partial charge in [0, 0.05) is 6.54 Å². The monoisotopic (exact) mass is 282 g/mol. The van der Waals surface area contributed by atoms with Crippen molar-refractivity contribution >= 4 is 17.8 Å². The third kappa shape index (κ3) is 4.62. The van der Waals surface area contributed by atoms with E-state index in [0.29, 0.717) is 13.0 Å². The molecule has 0 aromatic rings. The van der Waals surface area contributed by atoms with Crippen molar-refractivity contribution in [3.63, 3.8) is 0 Å². The highest BCUT2D eigenvalue weighted by Gasteiger charge is 2.39. The molecule has 1 atom stereocenters. The van der Waals surface area contributed by atoms with E-state index in [4.69, 9.17) is 0 Å². The van der Waals surface area contributed by atoms with Gasteiger partial charge in [0.15, 0.2) is 0 Å². The summed E-state index contributed by atoms with van der Waals surface area (Å²) < 4.78 is 0. The fourth-order valence-electron chi connectivity index (χ4n) is 2.47. The van der Waals surface area contributed by atoms with Gasteiger partial charge in [0.2, 0.25) is 11.8 Å². The van der Waals surface area contributed by atoms with Crippen molar-refractivity contribution in [2.45, 2.75) is 65.2 Å². The van der Waals surface area contributed by atoms with Crippen LogP contribution in [0.5, 0.6) is 0 Å². The molecule has 1 aliphatic heterocycles. The van der Waals surface area contributed by atoms with Gasteiger partial charge in [-0.1, -0.05) is 52.4 Å². The van der Waals surface area contributed by atoms with Crippen LogP contribution >= 0.6 is 0 Å². The number of carbonyl (C=O) groups is 3. The zero-order valence-corrected chi connectivity index (χ0v) is 12.6. The molecule has 5 nitrogen and oxygen atoms in total. The Labute approximate surface area is 121 Å². The van der Waals surface area contributed by atoms with Gasteiger partial charge in [0.25, 0.3) is 0 Å². The van der Waals surface area contributed by atoms with E-state index in [1.807, 2.05) is 6.92 Å². The smallest absolute Gasteiger partial charge is 0.277 e. The first-order valence-corrected chi connectivity index (χ1v) is 7.78. The molecule has 5 heteroatoms. The normalized spacial score (nSPS) is 19.4. The summed E-state index contributed by atoms with van der Waals surface area (Å²) in [6.45, 7) is 4.51. The molecule has 1 heterocycles. The Bertz CT molecular complexity index is 355. The number of nitrogens with one attached hydrogen (secondary N) is 1. The predicted octanol–water partition coefficient (Wildman–Crippen LogP) is 2.84. The summed E-state index contributed by atoms with van der Waals surface area (Å²) in [7, 11) is 0. The van der Waals surface area contributed by atoms with Gasteiger partial charge in [-0.25, -0.2) is 4.79 Å². The highest BCUT2D eigenvalue weighted by atomic mass is 16.2. The van der Waals surface area contributed by atoms with E-state index in [2.05, 4.69) is 12.2 Å². The summed E-state index contributed by atoms with van der Waals surface area (Å²) in [6.07, 6.45) is 7.86. The van der Waals surface area contributed by atoms with Crippen molar-refractivity contribution in [3.05, 3.63) is 0 Å². The van der Waals surface area contributed by atoms with Gasteiger partial charge in [-0.05, 0) is 12.8 Å². The highest BCUT2D eigenvalue weighted by molar-refractivity contribution is 6.16. The van der Waals surface area contributed by atoms with Crippen LogP contribution in [0, 0.1) is 5.92 Å². The van der Waals surface area contributed by atoms with E-state index in [-0.39, 0.29) is 5.91 Å². The lowest BCUT2D eigenvalue weighted by Crippen LogP contribution is -2.58. The SMILES string of the molecule is CCCCCCCCN1C(=O)NC(=O)C(CCC)C1=O. The number of unbranched alkanes of at least 4 members (excludes halogenated alkanes) is 5. The minimum Gasteiger partial charge on any atom is -0.277 e. The van der Waals surface area contributed by atoms with Crippen molar-refractivity contribution in [3.8, 4) is 0 Å². The van der Waals surface area contributed by atoms with Crippen LogP contribution in [-0.4, -0.2) is 29.3 Å². The summed E-state index contributed by atoms with van der Waals surface area (Å²) in [4.78, 5) is 36.7. The molecule has 0 aliphatic carbocycles. The second-order valence-electron chi connectivity index (χ2n) is 5.39. The Kier molecular flexibility index (Phi) is 7.26. The average Bonchev–Trinajstić information content (AvgIpc) is 2.41. The molecule has 1 rings (SSSR count). The third-order valence-electron chi connectivity index (χ3n) is 3.67. The van der Waals surface area contributed by atoms with Crippen LogP contribution in [-0.2, 0) is 9.59 Å². The van der Waals surface area contributed by atoms with Crippen molar-refractivity contribution in [2.24, 2.45) is 5.92 Å². The molecule has 1 unspecified atom stereocenters. The Morgan fingerprint density at radius 3 is 2.25 bits per heavy atom. The second kappa shape index (κ2) is 8.72. The van der Waals surface area contributed by atoms with Gasteiger partial charge >= 0.3 is 6.03 Å². The van der Waals surface area contributed by atoms with E-state index in [9.17, 15) is 14.4 Å². The zero-order chi connectivity index (χ0) is 15.0. The van der Waals surface area contributed by atoms with Gasteiger partial charge in [0.05, 0.1) is 0 Å². The topological polar surface area (TPSA) is 66.5 Å². The molecule has 0 bridgehead atoms. The van der Waals surface area contributed by atoms with E-state index in [1.54, 1.807) is 0 Å². The molecule has 20 heavy (non-hydrogen) atoms. The number of imide groups is 2. The van der Waals surface area contributed by atoms with Crippen molar-refractivity contribution in [1.82, 2.24) is 10.2 Å². The third-order valence-corrected chi connectivity index (χ3v) is 3.67. The molecular weight excluding hydrogens is 256 g/mol. The summed E-state index contributed by atoms with van der Waals surface area (Å²) >= 11 is 0. The standard InChI is InChI=1S/C15H26N2O3/c1-3-5-6-7-8-9-11-17-14(19)12(10-4-2)13(18)16-15(17)20/h12H,3-11H2,1-2H3,(H,16,18,20). The fraction of sp³-hybridized carbons (Fsp3) is 0.800. The molecule has 4 amide bonds. The fourth-order valence-corrected chi connectivity index (χ4v) is 2.47.